The number of rotatable bonds is 8. The maximum Gasteiger partial charge on any atom is 0.191 e. The summed E-state index contributed by atoms with van der Waals surface area (Å²) in [6, 6.07) is 6.72. The number of halogens is 1. The highest BCUT2D eigenvalue weighted by molar-refractivity contribution is 14.0. The molecular weight excluding hydrogens is 451 g/mol. The summed E-state index contributed by atoms with van der Waals surface area (Å²) in [6.07, 6.45) is 3.41. The molecule has 0 spiro atoms. The van der Waals surface area contributed by atoms with Crippen molar-refractivity contribution in [3.8, 4) is 0 Å². The van der Waals surface area contributed by atoms with Gasteiger partial charge in [-0.3, -0.25) is 4.99 Å². The van der Waals surface area contributed by atoms with Gasteiger partial charge in [0.05, 0.1) is 0 Å². The second-order valence-electron chi connectivity index (χ2n) is 6.98. The Labute approximate surface area is 182 Å². The van der Waals surface area contributed by atoms with E-state index < -0.39 is 0 Å². The van der Waals surface area contributed by atoms with Crippen LogP contribution in [0.25, 0.3) is 0 Å². The van der Waals surface area contributed by atoms with Crippen LogP contribution in [-0.2, 0) is 0 Å². The van der Waals surface area contributed by atoms with Crippen LogP contribution in [0.5, 0.6) is 0 Å². The molecule has 0 saturated carbocycles. The van der Waals surface area contributed by atoms with Gasteiger partial charge in [-0.05, 0) is 51.4 Å². The number of piperidine rings is 1. The van der Waals surface area contributed by atoms with Gasteiger partial charge in [0, 0.05) is 45.0 Å². The van der Waals surface area contributed by atoms with Crippen molar-refractivity contribution < 1.29 is 0 Å². The molecule has 1 aromatic heterocycles. The van der Waals surface area contributed by atoms with Crippen LogP contribution in [0.2, 0.25) is 0 Å². The summed E-state index contributed by atoms with van der Waals surface area (Å²) in [6.45, 7) is 12.8. The highest BCUT2D eigenvalue weighted by atomic mass is 127. The first kappa shape index (κ1) is 23.9. The number of hydrogen-bond donors (Lipinski definition) is 2. The van der Waals surface area contributed by atoms with Crippen LogP contribution in [0.3, 0.4) is 0 Å². The lowest BCUT2D eigenvalue weighted by Gasteiger charge is -2.34. The van der Waals surface area contributed by atoms with E-state index in [0.717, 1.165) is 69.6 Å². The highest BCUT2D eigenvalue weighted by Gasteiger charge is 2.20. The summed E-state index contributed by atoms with van der Waals surface area (Å²) in [5, 5.41) is 7.05. The molecule has 1 aromatic rings. The van der Waals surface area contributed by atoms with E-state index in [4.69, 9.17) is 0 Å². The summed E-state index contributed by atoms with van der Waals surface area (Å²) in [7, 11) is 1.85. The third kappa shape index (κ3) is 8.21. The second-order valence-corrected chi connectivity index (χ2v) is 6.98. The van der Waals surface area contributed by atoms with Crippen molar-refractivity contribution in [3.05, 3.63) is 23.9 Å². The van der Waals surface area contributed by atoms with E-state index in [1.165, 1.54) is 6.42 Å². The van der Waals surface area contributed by atoms with Crippen LogP contribution in [-0.4, -0.2) is 68.2 Å². The molecule has 0 aromatic carbocycles. The fourth-order valence-electron chi connectivity index (χ4n) is 3.42. The molecule has 0 amide bonds. The van der Waals surface area contributed by atoms with E-state index in [1.807, 2.05) is 20.0 Å². The Kier molecular flexibility index (Phi) is 11.7. The zero-order valence-corrected chi connectivity index (χ0v) is 19.7. The van der Waals surface area contributed by atoms with E-state index >= 15 is 0 Å². The topological polar surface area (TPSA) is 55.8 Å². The maximum atomic E-state index is 4.64. The molecule has 1 fully saturated rings. The fraction of sp³-hybridized carbons (Fsp3) is 0.700. The lowest BCUT2D eigenvalue weighted by atomic mass is 10.1. The van der Waals surface area contributed by atoms with Gasteiger partial charge in [-0.15, -0.1) is 24.0 Å². The number of pyridine rings is 1. The number of anilines is 1. The smallest absolute Gasteiger partial charge is 0.191 e. The first-order valence-corrected chi connectivity index (χ1v) is 10.0. The molecule has 0 radical (unpaired) electrons. The van der Waals surface area contributed by atoms with E-state index in [9.17, 15) is 0 Å². The summed E-state index contributed by atoms with van der Waals surface area (Å²) in [4.78, 5) is 13.9. The van der Waals surface area contributed by atoms with Crippen molar-refractivity contribution in [1.82, 2.24) is 20.5 Å². The summed E-state index contributed by atoms with van der Waals surface area (Å²) < 4.78 is 0. The average molecular weight is 488 g/mol. The normalized spacial score (nSPS) is 15.6. The molecule has 1 saturated heterocycles. The van der Waals surface area contributed by atoms with E-state index in [1.54, 1.807) is 0 Å². The number of guanidine groups is 1. The molecule has 2 rings (SSSR count). The molecule has 0 unspecified atom stereocenters. The minimum absolute atomic E-state index is 0. The number of aryl methyl sites for hydroxylation is 1. The summed E-state index contributed by atoms with van der Waals surface area (Å²) >= 11 is 0. The molecule has 1 aliphatic rings. The van der Waals surface area contributed by atoms with Gasteiger partial charge < -0.3 is 20.4 Å². The van der Waals surface area contributed by atoms with Crippen molar-refractivity contribution in [2.24, 2.45) is 4.99 Å². The van der Waals surface area contributed by atoms with Gasteiger partial charge in [-0.1, -0.05) is 19.9 Å². The SMILES string of the molecule is CCCN(CC)CCNC(=NC)NC1CCN(c2cccc(C)n2)CC1.I. The Morgan fingerprint density at radius 2 is 2.00 bits per heavy atom. The lowest BCUT2D eigenvalue weighted by Crippen LogP contribution is -2.50. The second kappa shape index (κ2) is 13.1. The maximum absolute atomic E-state index is 4.64. The Morgan fingerprint density at radius 3 is 2.59 bits per heavy atom. The van der Waals surface area contributed by atoms with Gasteiger partial charge in [0.2, 0.25) is 0 Å². The first-order valence-electron chi connectivity index (χ1n) is 10.0. The molecule has 0 bridgehead atoms. The van der Waals surface area contributed by atoms with Crippen molar-refractivity contribution >= 4 is 35.8 Å². The lowest BCUT2D eigenvalue weighted by molar-refractivity contribution is 0.292. The van der Waals surface area contributed by atoms with Gasteiger partial charge in [0.15, 0.2) is 5.96 Å². The monoisotopic (exact) mass is 488 g/mol. The fourth-order valence-corrected chi connectivity index (χ4v) is 3.42. The van der Waals surface area contributed by atoms with Crippen LogP contribution >= 0.6 is 24.0 Å². The zero-order chi connectivity index (χ0) is 18.8. The number of aliphatic imine (C=N–C) groups is 1. The quantitative estimate of drug-likeness (QED) is 0.335. The third-order valence-corrected chi connectivity index (χ3v) is 4.96. The van der Waals surface area contributed by atoms with Gasteiger partial charge in [-0.2, -0.15) is 0 Å². The molecule has 6 nitrogen and oxygen atoms in total. The molecule has 2 N–H and O–H groups in total. The van der Waals surface area contributed by atoms with Gasteiger partial charge >= 0.3 is 0 Å². The van der Waals surface area contributed by atoms with Crippen LogP contribution in [0, 0.1) is 6.92 Å². The zero-order valence-electron chi connectivity index (χ0n) is 17.4. The molecule has 27 heavy (non-hydrogen) atoms. The largest absolute Gasteiger partial charge is 0.356 e. The van der Waals surface area contributed by atoms with Crippen molar-refractivity contribution in [3.63, 3.8) is 0 Å². The Balaban J connectivity index is 0.00000364. The minimum atomic E-state index is 0. The molecular formula is C20H37IN6. The molecule has 1 aliphatic heterocycles. The predicted molar refractivity (Wildman–Crippen MR) is 127 cm³/mol. The summed E-state index contributed by atoms with van der Waals surface area (Å²) in [5.41, 5.74) is 1.08. The number of likely N-dealkylation sites (N-methyl/N-ethyl adjacent to an activating group) is 1. The van der Waals surface area contributed by atoms with E-state index in [0.29, 0.717) is 6.04 Å². The molecule has 154 valence electrons. The summed E-state index contributed by atoms with van der Waals surface area (Å²) in [5.74, 6) is 2.02. The Bertz CT molecular complexity index is 557. The number of aromatic nitrogens is 1. The van der Waals surface area contributed by atoms with Gasteiger partial charge in [0.25, 0.3) is 0 Å². The third-order valence-electron chi connectivity index (χ3n) is 4.96. The standard InChI is InChI=1S/C20H36N6.HI/c1-5-13-25(6-2)16-12-22-20(21-4)24-18-10-14-26(15-11-18)19-9-7-8-17(3)23-19;/h7-9,18H,5-6,10-16H2,1-4H3,(H2,21,22,24);1H. The van der Waals surface area contributed by atoms with Gasteiger partial charge in [0.1, 0.15) is 5.82 Å². The van der Waals surface area contributed by atoms with Gasteiger partial charge in [-0.25, -0.2) is 4.98 Å². The predicted octanol–water partition coefficient (Wildman–Crippen LogP) is 2.87. The Morgan fingerprint density at radius 1 is 1.26 bits per heavy atom. The molecule has 0 aliphatic carbocycles. The molecule has 7 heteroatoms. The number of nitrogens with one attached hydrogen (secondary N) is 2. The van der Waals surface area contributed by atoms with Crippen molar-refractivity contribution in [1.29, 1.82) is 0 Å². The van der Waals surface area contributed by atoms with Crippen molar-refractivity contribution in [2.75, 3.05) is 51.2 Å². The van der Waals surface area contributed by atoms with Crippen molar-refractivity contribution in [2.45, 2.75) is 46.1 Å². The van der Waals surface area contributed by atoms with E-state index in [-0.39, 0.29) is 24.0 Å². The van der Waals surface area contributed by atoms with Crippen LogP contribution in [0.1, 0.15) is 38.8 Å². The highest BCUT2D eigenvalue weighted by Crippen LogP contribution is 2.18. The molecule has 0 atom stereocenters. The minimum Gasteiger partial charge on any atom is -0.356 e. The van der Waals surface area contributed by atoms with Crippen LogP contribution in [0.4, 0.5) is 5.82 Å². The number of nitrogens with zero attached hydrogens (tertiary/aromatic N) is 4. The Hall–Kier alpha value is -1.09. The van der Waals surface area contributed by atoms with Crippen LogP contribution in [0.15, 0.2) is 23.2 Å². The first-order chi connectivity index (χ1) is 12.7. The van der Waals surface area contributed by atoms with E-state index in [2.05, 4.69) is 56.4 Å². The number of hydrogen-bond acceptors (Lipinski definition) is 4. The average Bonchev–Trinajstić information content (AvgIpc) is 2.67. The van der Waals surface area contributed by atoms with Crippen LogP contribution < -0.4 is 15.5 Å². The molecule has 2 heterocycles.